The summed E-state index contributed by atoms with van der Waals surface area (Å²) in [7, 11) is 0. The molecule has 0 radical (unpaired) electrons. The zero-order chi connectivity index (χ0) is 37.4. The monoisotopic (exact) mass is 712 g/mol. The Morgan fingerprint density at radius 2 is 0.964 bits per heavy atom. The third-order valence-electron chi connectivity index (χ3n) is 10.7. The van der Waals surface area contributed by atoms with E-state index in [0.29, 0.717) is 0 Å². The minimum Gasteiger partial charge on any atom is -0.310 e. The molecule has 8 rings (SSSR count). The SMILES string of the molecule is CCc1cccc(C)c1N(c1ccccc1)c1ccc(/C=C/c2cccc(/C=C/c3ccc(N(c4ccccc4)c4cccc5c4CCCC5)cc3)c2)cc1. The van der Waals surface area contributed by atoms with E-state index >= 15 is 0 Å². The Morgan fingerprint density at radius 3 is 1.58 bits per heavy atom. The van der Waals surface area contributed by atoms with Crippen LogP contribution in [-0.2, 0) is 19.3 Å². The first-order valence-electron chi connectivity index (χ1n) is 19.7. The molecule has 55 heavy (non-hydrogen) atoms. The summed E-state index contributed by atoms with van der Waals surface area (Å²) >= 11 is 0. The normalized spacial score (nSPS) is 12.5. The number of rotatable bonds is 11. The molecule has 7 aromatic carbocycles. The Balaban J connectivity index is 0.991. The summed E-state index contributed by atoms with van der Waals surface area (Å²) in [5.74, 6) is 0. The lowest BCUT2D eigenvalue weighted by atomic mass is 9.90. The van der Waals surface area contributed by atoms with Gasteiger partial charge in [0.15, 0.2) is 0 Å². The molecule has 7 aromatic rings. The molecule has 0 saturated carbocycles. The molecule has 2 heteroatoms. The Hall–Kier alpha value is -6.38. The number of hydrogen-bond acceptors (Lipinski definition) is 2. The lowest BCUT2D eigenvalue weighted by Crippen LogP contribution is -2.15. The molecular weight excluding hydrogens is 665 g/mol. The number of para-hydroxylation sites is 3. The number of nitrogens with zero attached hydrogens (tertiary/aromatic N) is 2. The van der Waals surface area contributed by atoms with E-state index in [2.05, 4.69) is 218 Å². The molecule has 1 aliphatic rings. The number of hydrogen-bond donors (Lipinski definition) is 0. The minimum absolute atomic E-state index is 0.977. The second-order valence-corrected chi connectivity index (χ2v) is 14.4. The van der Waals surface area contributed by atoms with Crippen molar-refractivity contribution in [2.45, 2.75) is 46.0 Å². The van der Waals surface area contributed by atoms with Gasteiger partial charge in [0.05, 0.1) is 5.69 Å². The van der Waals surface area contributed by atoms with Crippen molar-refractivity contribution in [1.29, 1.82) is 0 Å². The lowest BCUT2D eigenvalue weighted by Gasteiger charge is -2.30. The van der Waals surface area contributed by atoms with Gasteiger partial charge in [0, 0.05) is 28.4 Å². The molecule has 270 valence electrons. The molecule has 0 aliphatic heterocycles. The average Bonchev–Trinajstić information content (AvgIpc) is 3.25. The number of fused-ring (bicyclic) bond motifs is 1. The van der Waals surface area contributed by atoms with Crippen LogP contribution in [0, 0.1) is 6.92 Å². The molecule has 0 atom stereocenters. The molecule has 0 bridgehead atoms. The number of aryl methyl sites for hydroxylation is 3. The predicted octanol–water partition coefficient (Wildman–Crippen LogP) is 14.7. The molecule has 0 fully saturated rings. The van der Waals surface area contributed by atoms with Gasteiger partial charge >= 0.3 is 0 Å². The molecule has 0 spiro atoms. The van der Waals surface area contributed by atoms with E-state index in [1.165, 1.54) is 86.5 Å². The van der Waals surface area contributed by atoms with E-state index in [1.54, 1.807) is 0 Å². The topological polar surface area (TPSA) is 6.48 Å². The zero-order valence-electron chi connectivity index (χ0n) is 31.9. The number of anilines is 6. The summed E-state index contributed by atoms with van der Waals surface area (Å²) in [6, 6.07) is 61.4. The molecule has 0 aromatic heterocycles. The van der Waals surface area contributed by atoms with E-state index in [9.17, 15) is 0 Å². The van der Waals surface area contributed by atoms with Gasteiger partial charge in [-0.2, -0.15) is 0 Å². The fourth-order valence-corrected chi connectivity index (χ4v) is 7.90. The Kier molecular flexibility index (Phi) is 10.9. The Labute approximate surface area is 327 Å². The highest BCUT2D eigenvalue weighted by molar-refractivity contribution is 5.83. The van der Waals surface area contributed by atoms with Crippen LogP contribution in [0.1, 0.15) is 64.3 Å². The molecule has 0 amide bonds. The second kappa shape index (κ2) is 16.7. The molecule has 2 nitrogen and oxygen atoms in total. The summed E-state index contributed by atoms with van der Waals surface area (Å²) in [5, 5.41) is 0. The van der Waals surface area contributed by atoms with Crippen molar-refractivity contribution in [2.24, 2.45) is 0 Å². The van der Waals surface area contributed by atoms with Gasteiger partial charge in [-0.15, -0.1) is 0 Å². The van der Waals surface area contributed by atoms with Gasteiger partial charge in [-0.25, -0.2) is 0 Å². The summed E-state index contributed by atoms with van der Waals surface area (Å²) in [4.78, 5) is 4.81. The first kappa shape index (κ1) is 35.6. The highest BCUT2D eigenvalue weighted by atomic mass is 15.2. The van der Waals surface area contributed by atoms with E-state index in [4.69, 9.17) is 0 Å². The fraction of sp³-hybridized carbons (Fsp3) is 0.132. The lowest BCUT2D eigenvalue weighted by molar-refractivity contribution is 0.686. The van der Waals surface area contributed by atoms with Crippen molar-refractivity contribution in [2.75, 3.05) is 9.80 Å². The van der Waals surface area contributed by atoms with Crippen molar-refractivity contribution < 1.29 is 0 Å². The van der Waals surface area contributed by atoms with Crippen molar-refractivity contribution in [1.82, 2.24) is 0 Å². The van der Waals surface area contributed by atoms with Gasteiger partial charge in [-0.3, -0.25) is 0 Å². The smallest absolute Gasteiger partial charge is 0.0522 e. The van der Waals surface area contributed by atoms with Crippen LogP contribution in [0.2, 0.25) is 0 Å². The largest absolute Gasteiger partial charge is 0.310 e. The van der Waals surface area contributed by atoms with Crippen molar-refractivity contribution in [3.8, 4) is 0 Å². The van der Waals surface area contributed by atoms with Crippen LogP contribution in [-0.4, -0.2) is 0 Å². The minimum atomic E-state index is 0.977. The predicted molar refractivity (Wildman–Crippen MR) is 237 cm³/mol. The van der Waals surface area contributed by atoms with Crippen molar-refractivity contribution >= 4 is 58.4 Å². The van der Waals surface area contributed by atoms with Gasteiger partial charge in [0.1, 0.15) is 0 Å². The molecule has 1 aliphatic carbocycles. The van der Waals surface area contributed by atoms with Gasteiger partial charge in [0.25, 0.3) is 0 Å². The van der Waals surface area contributed by atoms with Crippen molar-refractivity contribution in [3.05, 3.63) is 214 Å². The zero-order valence-corrected chi connectivity index (χ0v) is 31.9. The van der Waals surface area contributed by atoms with E-state index in [1.807, 2.05) is 0 Å². The van der Waals surface area contributed by atoms with Gasteiger partial charge in [-0.1, -0.05) is 140 Å². The van der Waals surface area contributed by atoms with E-state index in [-0.39, 0.29) is 0 Å². The van der Waals surface area contributed by atoms with Crippen molar-refractivity contribution in [3.63, 3.8) is 0 Å². The molecule has 0 heterocycles. The maximum absolute atomic E-state index is 2.42. The molecular formula is C53H48N2. The van der Waals surface area contributed by atoms with Crippen LogP contribution < -0.4 is 9.80 Å². The summed E-state index contributed by atoms with van der Waals surface area (Å²) in [6.07, 6.45) is 14.6. The second-order valence-electron chi connectivity index (χ2n) is 14.4. The summed E-state index contributed by atoms with van der Waals surface area (Å²) < 4.78 is 0. The van der Waals surface area contributed by atoms with Gasteiger partial charge in [0.2, 0.25) is 0 Å². The van der Waals surface area contributed by atoms with Crippen LogP contribution in [0.4, 0.5) is 34.1 Å². The summed E-state index contributed by atoms with van der Waals surface area (Å²) in [5.41, 5.74) is 17.5. The quantitative estimate of drug-likeness (QED) is 0.123. The summed E-state index contributed by atoms with van der Waals surface area (Å²) in [6.45, 7) is 4.44. The van der Waals surface area contributed by atoms with Crippen LogP contribution in [0.5, 0.6) is 0 Å². The van der Waals surface area contributed by atoms with Crippen LogP contribution in [0.25, 0.3) is 24.3 Å². The molecule has 0 N–H and O–H groups in total. The third-order valence-corrected chi connectivity index (χ3v) is 10.7. The van der Waals surface area contributed by atoms with E-state index < -0.39 is 0 Å². The average molecular weight is 713 g/mol. The highest BCUT2D eigenvalue weighted by Crippen LogP contribution is 2.41. The van der Waals surface area contributed by atoms with Gasteiger partial charge < -0.3 is 9.80 Å². The molecule has 0 unspecified atom stereocenters. The third kappa shape index (κ3) is 8.10. The Bertz CT molecular complexity index is 2410. The molecule has 0 saturated heterocycles. The van der Waals surface area contributed by atoms with E-state index in [0.717, 1.165) is 24.2 Å². The van der Waals surface area contributed by atoms with Crippen LogP contribution in [0.3, 0.4) is 0 Å². The van der Waals surface area contributed by atoms with Gasteiger partial charge in [-0.05, 0) is 144 Å². The van der Waals surface area contributed by atoms with Crippen LogP contribution in [0.15, 0.2) is 170 Å². The maximum Gasteiger partial charge on any atom is 0.0522 e. The first-order chi connectivity index (χ1) is 27.1. The first-order valence-corrected chi connectivity index (χ1v) is 19.7. The Morgan fingerprint density at radius 1 is 0.455 bits per heavy atom. The number of benzene rings is 7. The fourth-order valence-electron chi connectivity index (χ4n) is 7.90. The standard InChI is InChI=1S/C53H48N2/c1-3-45-19-12-15-40(2)53(45)55(48-23-8-5-9-24-48)50-37-33-42(34-38-50)28-30-44-17-13-16-43(39-44)29-27-41-31-35-49(36-32-41)54(47-21-6-4-7-22-47)52-26-14-20-46-18-10-11-25-51(46)52/h4-9,12-17,19-24,26-39H,3,10-11,18,25H2,1-2H3/b29-27+,30-28+. The highest BCUT2D eigenvalue weighted by Gasteiger charge is 2.20. The van der Waals surface area contributed by atoms with Crippen LogP contribution >= 0.6 is 0 Å². The maximum atomic E-state index is 2.42.